The van der Waals surface area contributed by atoms with Gasteiger partial charge in [0.05, 0.1) is 6.61 Å². The molecule has 0 aliphatic rings. The molecule has 0 saturated carbocycles. The molecule has 0 fully saturated rings. The molecule has 0 aliphatic carbocycles. The molecule has 1 aromatic rings. The van der Waals surface area contributed by atoms with Gasteiger partial charge in [0.2, 0.25) is 0 Å². The number of ether oxygens (including phenoxy) is 1. The monoisotopic (exact) mass is 238 g/mol. The second-order valence-electron chi connectivity index (χ2n) is 4.45. The summed E-state index contributed by atoms with van der Waals surface area (Å²) in [5, 5.41) is 0. The average molecular weight is 238 g/mol. The van der Waals surface area contributed by atoms with E-state index < -0.39 is 0 Å². The van der Waals surface area contributed by atoms with E-state index in [0.717, 1.165) is 18.8 Å². The van der Waals surface area contributed by atoms with Crippen LogP contribution in [-0.4, -0.2) is 22.1 Å². The second-order valence-corrected chi connectivity index (χ2v) is 4.45. The van der Waals surface area contributed by atoms with E-state index in [0.29, 0.717) is 6.61 Å². The minimum absolute atomic E-state index is 0.175. The first-order chi connectivity index (χ1) is 8.11. The Morgan fingerprint density at radius 3 is 2.71 bits per heavy atom. The molecule has 0 spiro atoms. The third-order valence-electron chi connectivity index (χ3n) is 2.70. The number of nitrogens with zero attached hydrogens (tertiary/aromatic N) is 2. The first kappa shape index (κ1) is 13.7. The van der Waals surface area contributed by atoms with Crippen LogP contribution < -0.4 is 0 Å². The van der Waals surface area contributed by atoms with Crippen LogP contribution in [0.3, 0.4) is 0 Å². The number of imidazole rings is 1. The summed E-state index contributed by atoms with van der Waals surface area (Å²) in [4.78, 5) is 16.3. The third-order valence-corrected chi connectivity index (χ3v) is 2.70. The van der Waals surface area contributed by atoms with E-state index in [2.05, 4.69) is 11.9 Å². The Morgan fingerprint density at radius 1 is 1.47 bits per heavy atom. The number of carbonyl (C=O) groups is 1. The number of carbonyl (C=O) groups excluding carboxylic acids is 1. The highest BCUT2D eigenvalue weighted by molar-refractivity contribution is 5.77. The minimum Gasteiger partial charge on any atom is -0.465 e. The maximum atomic E-state index is 12.0. The first-order valence-electron chi connectivity index (χ1n) is 6.29. The molecule has 0 aromatic carbocycles. The molecule has 1 unspecified atom stereocenters. The number of hydrogen-bond acceptors (Lipinski definition) is 3. The van der Waals surface area contributed by atoms with E-state index in [-0.39, 0.29) is 17.8 Å². The smallest absolute Gasteiger partial charge is 0.316 e. The van der Waals surface area contributed by atoms with Crippen LogP contribution in [-0.2, 0) is 16.1 Å². The zero-order valence-electron chi connectivity index (χ0n) is 11.1. The second kappa shape index (κ2) is 6.42. The van der Waals surface area contributed by atoms with E-state index in [4.69, 9.17) is 4.74 Å². The fourth-order valence-electron chi connectivity index (χ4n) is 1.94. The lowest BCUT2D eigenvalue weighted by Gasteiger charge is -2.19. The molecule has 4 nitrogen and oxygen atoms in total. The van der Waals surface area contributed by atoms with E-state index >= 15 is 0 Å². The number of rotatable bonds is 6. The van der Waals surface area contributed by atoms with E-state index in [1.165, 1.54) is 0 Å². The number of aromatic nitrogens is 2. The number of aryl methyl sites for hydroxylation is 1. The molecular formula is C13H22N2O2. The molecule has 1 heterocycles. The van der Waals surface area contributed by atoms with Crippen molar-refractivity contribution >= 4 is 5.97 Å². The molecule has 17 heavy (non-hydrogen) atoms. The number of esters is 1. The van der Waals surface area contributed by atoms with Crippen molar-refractivity contribution in [3.63, 3.8) is 0 Å². The quantitative estimate of drug-likeness (QED) is 0.715. The van der Waals surface area contributed by atoms with Crippen LogP contribution in [0.5, 0.6) is 0 Å². The Balaban J connectivity index is 2.97. The van der Waals surface area contributed by atoms with Crippen LogP contribution in [0.4, 0.5) is 0 Å². The van der Waals surface area contributed by atoms with Crippen LogP contribution >= 0.6 is 0 Å². The van der Waals surface area contributed by atoms with Crippen LogP contribution in [0, 0.1) is 5.92 Å². The predicted molar refractivity (Wildman–Crippen MR) is 66.7 cm³/mol. The van der Waals surface area contributed by atoms with Gasteiger partial charge in [0.1, 0.15) is 11.7 Å². The fraction of sp³-hybridized carbons (Fsp3) is 0.692. The lowest BCUT2D eigenvalue weighted by Crippen LogP contribution is -2.24. The highest BCUT2D eigenvalue weighted by Gasteiger charge is 2.29. The molecule has 4 heteroatoms. The molecular weight excluding hydrogens is 216 g/mol. The maximum absolute atomic E-state index is 12.0. The Bertz CT molecular complexity index is 358. The van der Waals surface area contributed by atoms with Crippen molar-refractivity contribution in [1.29, 1.82) is 0 Å². The van der Waals surface area contributed by atoms with Gasteiger partial charge < -0.3 is 9.30 Å². The summed E-state index contributed by atoms with van der Waals surface area (Å²) in [6.45, 7) is 9.28. The zero-order valence-corrected chi connectivity index (χ0v) is 11.1. The third kappa shape index (κ3) is 3.32. The van der Waals surface area contributed by atoms with Gasteiger partial charge >= 0.3 is 5.97 Å². The SMILES string of the molecule is CCCn1ccnc1C(C(=O)OCC)C(C)C. The molecule has 1 rings (SSSR count). The molecule has 96 valence electrons. The normalized spacial score (nSPS) is 12.8. The van der Waals surface area contributed by atoms with Gasteiger partial charge in [-0.15, -0.1) is 0 Å². The van der Waals surface area contributed by atoms with Crippen LogP contribution in [0.25, 0.3) is 0 Å². The van der Waals surface area contributed by atoms with Crippen LogP contribution in [0.1, 0.15) is 45.9 Å². The van der Waals surface area contributed by atoms with Gasteiger partial charge in [0.25, 0.3) is 0 Å². The van der Waals surface area contributed by atoms with Crippen molar-refractivity contribution in [1.82, 2.24) is 9.55 Å². The lowest BCUT2D eigenvalue weighted by atomic mass is 9.95. The topological polar surface area (TPSA) is 44.1 Å². The van der Waals surface area contributed by atoms with Crippen molar-refractivity contribution in [3.8, 4) is 0 Å². The van der Waals surface area contributed by atoms with E-state index in [1.807, 2.05) is 31.5 Å². The molecule has 1 aromatic heterocycles. The summed E-state index contributed by atoms with van der Waals surface area (Å²) in [5.41, 5.74) is 0. The Hall–Kier alpha value is -1.32. The summed E-state index contributed by atoms with van der Waals surface area (Å²) < 4.78 is 7.17. The molecule has 0 aliphatic heterocycles. The summed E-state index contributed by atoms with van der Waals surface area (Å²) in [5.74, 6) is 0.565. The van der Waals surface area contributed by atoms with Crippen molar-refractivity contribution in [2.75, 3.05) is 6.61 Å². The van der Waals surface area contributed by atoms with Gasteiger partial charge in [-0.1, -0.05) is 20.8 Å². The van der Waals surface area contributed by atoms with E-state index in [9.17, 15) is 4.79 Å². The Kier molecular flexibility index (Phi) is 5.19. The van der Waals surface area contributed by atoms with Crippen molar-refractivity contribution < 1.29 is 9.53 Å². The highest BCUT2D eigenvalue weighted by atomic mass is 16.5. The van der Waals surface area contributed by atoms with Crippen molar-refractivity contribution in [3.05, 3.63) is 18.2 Å². The highest BCUT2D eigenvalue weighted by Crippen LogP contribution is 2.24. The molecule has 1 atom stereocenters. The minimum atomic E-state index is -0.267. The van der Waals surface area contributed by atoms with Crippen LogP contribution in [0.15, 0.2) is 12.4 Å². The van der Waals surface area contributed by atoms with Crippen molar-refractivity contribution in [2.24, 2.45) is 5.92 Å². The molecule has 0 saturated heterocycles. The summed E-state index contributed by atoms with van der Waals surface area (Å²) in [7, 11) is 0. The molecule has 0 N–H and O–H groups in total. The largest absolute Gasteiger partial charge is 0.465 e. The maximum Gasteiger partial charge on any atom is 0.316 e. The van der Waals surface area contributed by atoms with Crippen LogP contribution in [0.2, 0.25) is 0 Å². The fourth-order valence-corrected chi connectivity index (χ4v) is 1.94. The van der Waals surface area contributed by atoms with E-state index in [1.54, 1.807) is 6.20 Å². The number of hydrogen-bond donors (Lipinski definition) is 0. The van der Waals surface area contributed by atoms with Gasteiger partial charge in [-0.25, -0.2) is 4.98 Å². The first-order valence-corrected chi connectivity index (χ1v) is 6.29. The Morgan fingerprint density at radius 2 is 2.18 bits per heavy atom. The zero-order chi connectivity index (χ0) is 12.8. The standard InChI is InChI=1S/C13H22N2O2/c1-5-8-15-9-7-14-12(15)11(10(3)4)13(16)17-6-2/h7,9-11H,5-6,8H2,1-4H3. The van der Waals surface area contributed by atoms with Gasteiger partial charge in [0.15, 0.2) is 0 Å². The average Bonchev–Trinajstić information content (AvgIpc) is 2.67. The van der Waals surface area contributed by atoms with Crippen molar-refractivity contribution in [2.45, 2.75) is 46.6 Å². The van der Waals surface area contributed by atoms with Gasteiger partial charge in [0, 0.05) is 18.9 Å². The molecule has 0 amide bonds. The van der Waals surface area contributed by atoms with Gasteiger partial charge in [-0.05, 0) is 19.3 Å². The van der Waals surface area contributed by atoms with Gasteiger partial charge in [-0.3, -0.25) is 4.79 Å². The lowest BCUT2D eigenvalue weighted by molar-refractivity contribution is -0.146. The van der Waals surface area contributed by atoms with Gasteiger partial charge in [-0.2, -0.15) is 0 Å². The molecule has 0 bridgehead atoms. The summed E-state index contributed by atoms with van der Waals surface area (Å²) in [6, 6.07) is 0. The summed E-state index contributed by atoms with van der Waals surface area (Å²) >= 11 is 0. The molecule has 0 radical (unpaired) electrons. The predicted octanol–water partition coefficient (Wildman–Crippen LogP) is 2.60. The summed E-state index contributed by atoms with van der Waals surface area (Å²) in [6.07, 6.45) is 4.70. The Labute approximate surface area is 103 Å².